The summed E-state index contributed by atoms with van der Waals surface area (Å²) in [5.41, 5.74) is 5.32. The van der Waals surface area contributed by atoms with Gasteiger partial charge in [0.2, 0.25) is 0 Å². The van der Waals surface area contributed by atoms with Gasteiger partial charge in [-0.05, 0) is 24.3 Å². The minimum Gasteiger partial charge on any atom is -0.493 e. The molecule has 2 nitrogen and oxygen atoms in total. The van der Waals surface area contributed by atoms with Crippen molar-refractivity contribution in [3.8, 4) is 5.75 Å². The van der Waals surface area contributed by atoms with E-state index in [1.165, 1.54) is 11.8 Å². The summed E-state index contributed by atoms with van der Waals surface area (Å²) in [6.45, 7) is 0.615. The molecule has 0 aliphatic carbocycles. The third-order valence-electron chi connectivity index (χ3n) is 1.41. The van der Waals surface area contributed by atoms with E-state index in [0.29, 0.717) is 10.9 Å². The van der Waals surface area contributed by atoms with Crippen molar-refractivity contribution >= 4 is 44.2 Å². The highest BCUT2D eigenvalue weighted by atomic mass is 79.9. The van der Waals surface area contributed by atoms with E-state index in [2.05, 4.69) is 15.9 Å². The van der Waals surface area contributed by atoms with E-state index < -0.39 is 0 Å². The van der Waals surface area contributed by atoms with Gasteiger partial charge in [-0.25, -0.2) is 0 Å². The van der Waals surface area contributed by atoms with E-state index >= 15 is 0 Å². The lowest BCUT2D eigenvalue weighted by Gasteiger charge is -2.04. The normalized spacial score (nSPS) is 9.79. The highest BCUT2D eigenvalue weighted by Gasteiger charge is 1.94. The lowest BCUT2D eigenvalue weighted by molar-refractivity contribution is 0.344. The van der Waals surface area contributed by atoms with Gasteiger partial charge in [0.15, 0.2) is 0 Å². The lowest BCUT2D eigenvalue weighted by atomic mass is 10.3. The zero-order valence-corrected chi connectivity index (χ0v) is 10.6. The quantitative estimate of drug-likeness (QED) is 0.683. The maximum atomic E-state index is 5.45. The van der Waals surface area contributed by atoms with Crippen molar-refractivity contribution in [3.63, 3.8) is 0 Å². The molecule has 0 aliphatic heterocycles. The molecule has 0 bridgehead atoms. The van der Waals surface area contributed by atoms with Crippen LogP contribution >= 0.6 is 39.9 Å². The predicted molar refractivity (Wildman–Crippen MR) is 68.9 cm³/mol. The van der Waals surface area contributed by atoms with Crippen LogP contribution < -0.4 is 10.5 Å². The van der Waals surface area contributed by atoms with E-state index in [0.717, 1.165) is 16.0 Å². The molecule has 1 rings (SSSR count). The number of hydrogen-bond donors (Lipinski definition) is 1. The van der Waals surface area contributed by atoms with Gasteiger partial charge in [-0.15, -0.1) is 0 Å². The third kappa shape index (κ3) is 4.83. The van der Waals surface area contributed by atoms with E-state index in [4.69, 9.17) is 22.7 Å². The number of thioether (sulfide) groups is 1. The number of nitrogens with two attached hydrogens (primary N) is 1. The van der Waals surface area contributed by atoms with Crippen LogP contribution in [0.15, 0.2) is 28.7 Å². The molecule has 1 aromatic rings. The Labute approximate surface area is 101 Å². The van der Waals surface area contributed by atoms with E-state index in [9.17, 15) is 0 Å². The van der Waals surface area contributed by atoms with Crippen molar-refractivity contribution in [2.45, 2.75) is 0 Å². The molecule has 0 heterocycles. The standard InChI is InChI=1S/C9H10BrNOS2/c10-7-1-3-8(4-2-7)12-5-6-14-9(11)13/h1-4H,5-6H2,(H2,11,13). The zero-order chi connectivity index (χ0) is 10.4. The predicted octanol–water partition coefficient (Wildman–Crippen LogP) is 2.80. The summed E-state index contributed by atoms with van der Waals surface area (Å²) >= 11 is 9.50. The Hall–Kier alpha value is -0.260. The van der Waals surface area contributed by atoms with Crippen LogP contribution in [0.4, 0.5) is 0 Å². The monoisotopic (exact) mass is 291 g/mol. The smallest absolute Gasteiger partial charge is 0.131 e. The van der Waals surface area contributed by atoms with Gasteiger partial charge < -0.3 is 10.5 Å². The molecule has 0 fully saturated rings. The Morgan fingerprint density at radius 1 is 1.43 bits per heavy atom. The Balaban J connectivity index is 2.25. The summed E-state index contributed by atoms with van der Waals surface area (Å²) in [5, 5.41) is 0. The summed E-state index contributed by atoms with van der Waals surface area (Å²) in [5.74, 6) is 1.64. The molecule has 0 saturated heterocycles. The Morgan fingerprint density at radius 3 is 2.64 bits per heavy atom. The van der Waals surface area contributed by atoms with Crippen LogP contribution in [0.5, 0.6) is 5.75 Å². The number of benzene rings is 1. The summed E-state index contributed by atoms with van der Waals surface area (Å²) in [6, 6.07) is 7.71. The van der Waals surface area contributed by atoms with Crippen LogP contribution in [0.3, 0.4) is 0 Å². The van der Waals surface area contributed by atoms with Crippen molar-refractivity contribution < 1.29 is 4.74 Å². The summed E-state index contributed by atoms with van der Waals surface area (Å²) in [6.07, 6.45) is 0. The molecule has 0 atom stereocenters. The van der Waals surface area contributed by atoms with Gasteiger partial charge in [0, 0.05) is 10.2 Å². The van der Waals surface area contributed by atoms with Gasteiger partial charge in [0.1, 0.15) is 10.1 Å². The first-order chi connectivity index (χ1) is 6.68. The number of thiocarbonyl (C=S) groups is 1. The maximum Gasteiger partial charge on any atom is 0.131 e. The fourth-order valence-corrected chi connectivity index (χ4v) is 1.71. The van der Waals surface area contributed by atoms with Crippen LogP contribution in [0, 0.1) is 0 Å². The number of hydrogen-bond acceptors (Lipinski definition) is 3. The topological polar surface area (TPSA) is 35.2 Å². The Morgan fingerprint density at radius 2 is 2.07 bits per heavy atom. The molecule has 0 saturated carbocycles. The number of rotatable bonds is 4. The Bertz CT molecular complexity index is 302. The molecule has 2 N–H and O–H groups in total. The molecule has 0 aromatic heterocycles. The second-order valence-corrected chi connectivity index (χ2v) is 5.22. The van der Waals surface area contributed by atoms with Gasteiger partial charge in [-0.2, -0.15) is 0 Å². The van der Waals surface area contributed by atoms with Crippen LogP contribution in [0.2, 0.25) is 0 Å². The third-order valence-corrected chi connectivity index (χ3v) is 2.95. The summed E-state index contributed by atoms with van der Waals surface area (Å²) in [4.78, 5) is 0. The van der Waals surface area contributed by atoms with Crippen LogP contribution in [0.1, 0.15) is 0 Å². The van der Waals surface area contributed by atoms with Crippen molar-refractivity contribution in [2.24, 2.45) is 5.73 Å². The van der Waals surface area contributed by atoms with Crippen molar-refractivity contribution in [3.05, 3.63) is 28.7 Å². The molecule has 5 heteroatoms. The van der Waals surface area contributed by atoms with Gasteiger partial charge in [0.05, 0.1) is 6.61 Å². The largest absolute Gasteiger partial charge is 0.493 e. The first-order valence-electron chi connectivity index (χ1n) is 3.99. The average Bonchev–Trinajstić information content (AvgIpc) is 2.15. The zero-order valence-electron chi connectivity index (χ0n) is 7.40. The van der Waals surface area contributed by atoms with Gasteiger partial charge in [-0.1, -0.05) is 39.9 Å². The molecular weight excluding hydrogens is 282 g/mol. The van der Waals surface area contributed by atoms with Gasteiger partial charge >= 0.3 is 0 Å². The number of ether oxygens (including phenoxy) is 1. The lowest BCUT2D eigenvalue weighted by Crippen LogP contribution is -2.07. The van der Waals surface area contributed by atoms with Gasteiger partial charge in [0.25, 0.3) is 0 Å². The SMILES string of the molecule is NC(=S)SCCOc1ccc(Br)cc1. The molecule has 0 radical (unpaired) electrons. The minimum atomic E-state index is 0.462. The fraction of sp³-hybridized carbons (Fsp3) is 0.222. The summed E-state index contributed by atoms with van der Waals surface area (Å²) in [7, 11) is 0. The van der Waals surface area contributed by atoms with Crippen LogP contribution in [-0.2, 0) is 0 Å². The van der Waals surface area contributed by atoms with Crippen molar-refractivity contribution in [2.75, 3.05) is 12.4 Å². The highest BCUT2D eigenvalue weighted by Crippen LogP contribution is 2.16. The maximum absolute atomic E-state index is 5.45. The fourth-order valence-electron chi connectivity index (χ4n) is 0.833. The van der Waals surface area contributed by atoms with E-state index in [1.807, 2.05) is 24.3 Å². The minimum absolute atomic E-state index is 0.462. The first kappa shape index (κ1) is 11.8. The first-order valence-corrected chi connectivity index (χ1v) is 6.18. The average molecular weight is 292 g/mol. The summed E-state index contributed by atoms with van der Waals surface area (Å²) < 4.78 is 6.96. The second-order valence-electron chi connectivity index (χ2n) is 2.47. The van der Waals surface area contributed by atoms with Crippen LogP contribution in [-0.4, -0.2) is 16.7 Å². The molecule has 14 heavy (non-hydrogen) atoms. The van der Waals surface area contributed by atoms with E-state index in [1.54, 1.807) is 0 Å². The molecule has 76 valence electrons. The second kappa shape index (κ2) is 6.27. The van der Waals surface area contributed by atoms with Crippen molar-refractivity contribution in [1.29, 1.82) is 0 Å². The number of halogens is 1. The van der Waals surface area contributed by atoms with Crippen LogP contribution in [0.25, 0.3) is 0 Å². The highest BCUT2D eigenvalue weighted by molar-refractivity contribution is 9.10. The molecule has 0 amide bonds. The molecular formula is C9H10BrNOS2. The van der Waals surface area contributed by atoms with Crippen molar-refractivity contribution in [1.82, 2.24) is 0 Å². The molecule has 0 aliphatic rings. The molecule has 1 aromatic carbocycles. The molecule has 0 spiro atoms. The van der Waals surface area contributed by atoms with Gasteiger partial charge in [-0.3, -0.25) is 0 Å². The van der Waals surface area contributed by atoms with E-state index in [-0.39, 0.29) is 0 Å². The Kier molecular flexibility index (Phi) is 5.29. The molecule has 0 unspecified atom stereocenters.